The van der Waals surface area contributed by atoms with Gasteiger partial charge in [0.15, 0.2) is 0 Å². The molecular weight excluding hydrogens is 296 g/mol. The minimum absolute atomic E-state index is 0.0302. The van der Waals surface area contributed by atoms with Crippen LogP contribution >= 0.6 is 11.6 Å². The number of carbonyl (C=O) groups is 1. The second-order valence-corrected chi connectivity index (χ2v) is 5.64. The van der Waals surface area contributed by atoms with E-state index < -0.39 is 10.9 Å². The molecule has 1 aliphatic rings. The molecule has 1 aliphatic carbocycles. The van der Waals surface area contributed by atoms with Gasteiger partial charge in [0.2, 0.25) is 0 Å². The number of rotatable bonds is 4. The Morgan fingerprint density at radius 2 is 2.33 bits per heavy atom. The van der Waals surface area contributed by atoms with E-state index >= 15 is 0 Å². The molecule has 0 amide bonds. The molecule has 1 heterocycles. The number of aromatic nitrogens is 1. The summed E-state index contributed by atoms with van der Waals surface area (Å²) in [5.41, 5.74) is -0.522. The fraction of sp³-hybridized carbons (Fsp3) is 0.571. The summed E-state index contributed by atoms with van der Waals surface area (Å²) in [6.45, 7) is 2.11. The molecule has 2 unspecified atom stereocenters. The van der Waals surface area contributed by atoms with E-state index in [0.29, 0.717) is 5.92 Å². The van der Waals surface area contributed by atoms with Gasteiger partial charge in [-0.1, -0.05) is 31.4 Å². The summed E-state index contributed by atoms with van der Waals surface area (Å²) >= 11 is 5.71. The Hall–Kier alpha value is -1.69. The number of nitrogens with zero attached hydrogens (tertiary/aromatic N) is 2. The molecule has 0 N–H and O–H groups in total. The van der Waals surface area contributed by atoms with Crippen LogP contribution in [0.1, 0.15) is 49.4 Å². The second-order valence-electron chi connectivity index (χ2n) is 5.25. The maximum Gasteiger partial charge on any atom is 0.345 e. The Morgan fingerprint density at radius 3 is 3.00 bits per heavy atom. The number of hydrogen-bond donors (Lipinski definition) is 0. The Morgan fingerprint density at radius 1 is 1.57 bits per heavy atom. The van der Waals surface area contributed by atoms with E-state index in [2.05, 4.69) is 11.9 Å². The maximum atomic E-state index is 12.2. The summed E-state index contributed by atoms with van der Waals surface area (Å²) in [5.74, 6) is -0.152. The molecule has 2 rings (SSSR count). The number of nitro groups is 1. The van der Waals surface area contributed by atoms with E-state index in [1.807, 2.05) is 0 Å². The third-order valence-electron chi connectivity index (χ3n) is 3.85. The van der Waals surface area contributed by atoms with Crippen LogP contribution in [0.15, 0.2) is 12.3 Å². The molecule has 2 atom stereocenters. The Balaban J connectivity index is 2.13. The fourth-order valence-corrected chi connectivity index (χ4v) is 2.82. The molecule has 7 heteroatoms. The van der Waals surface area contributed by atoms with Gasteiger partial charge < -0.3 is 4.74 Å². The Kier molecular flexibility index (Phi) is 5.12. The van der Waals surface area contributed by atoms with Crippen molar-refractivity contribution < 1.29 is 14.5 Å². The van der Waals surface area contributed by atoms with Crippen LogP contribution in [0.3, 0.4) is 0 Å². The zero-order valence-corrected chi connectivity index (χ0v) is 12.5. The lowest BCUT2D eigenvalue weighted by atomic mass is 9.85. The van der Waals surface area contributed by atoms with Gasteiger partial charge in [-0.05, 0) is 31.2 Å². The molecule has 6 nitrogen and oxygen atoms in total. The van der Waals surface area contributed by atoms with E-state index in [9.17, 15) is 14.9 Å². The van der Waals surface area contributed by atoms with Gasteiger partial charge in [-0.2, -0.15) is 0 Å². The van der Waals surface area contributed by atoms with Crippen molar-refractivity contribution in [2.75, 3.05) is 0 Å². The quantitative estimate of drug-likeness (QED) is 0.366. The Bertz CT molecular complexity index is 550. The molecule has 1 saturated carbocycles. The topological polar surface area (TPSA) is 82.3 Å². The number of hydrogen-bond acceptors (Lipinski definition) is 5. The normalized spacial score (nSPS) is 21.8. The summed E-state index contributed by atoms with van der Waals surface area (Å²) in [6, 6.07) is 1.18. The summed E-state index contributed by atoms with van der Waals surface area (Å²) < 4.78 is 5.43. The molecule has 1 aromatic heterocycles. The van der Waals surface area contributed by atoms with E-state index in [4.69, 9.17) is 16.3 Å². The number of esters is 1. The van der Waals surface area contributed by atoms with Gasteiger partial charge in [0, 0.05) is 0 Å². The van der Waals surface area contributed by atoms with Gasteiger partial charge in [-0.3, -0.25) is 10.1 Å². The van der Waals surface area contributed by atoms with Crippen molar-refractivity contribution in [3.8, 4) is 0 Å². The summed E-state index contributed by atoms with van der Waals surface area (Å²) in [5, 5.41) is 11.0. The van der Waals surface area contributed by atoms with Crippen molar-refractivity contribution in [2.45, 2.75) is 45.1 Å². The standard InChI is InChI=1S/C14H17ClN2O4/c1-2-9-4-3-5-10(6-9)21-14(18)11-7-13(15)16-8-12(11)17(19)20/h7-10H,2-6H2,1H3. The average molecular weight is 313 g/mol. The van der Waals surface area contributed by atoms with Crippen LogP contribution in [0.2, 0.25) is 5.15 Å². The molecule has 0 aliphatic heterocycles. The molecule has 1 aromatic rings. The highest BCUT2D eigenvalue weighted by Gasteiger charge is 2.28. The monoisotopic (exact) mass is 312 g/mol. The number of ether oxygens (including phenoxy) is 1. The third-order valence-corrected chi connectivity index (χ3v) is 4.06. The predicted molar refractivity (Wildman–Crippen MR) is 77.4 cm³/mol. The SMILES string of the molecule is CCC1CCCC(OC(=O)c2cc(Cl)ncc2[N+](=O)[O-])C1. The number of halogens is 1. The molecule has 0 saturated heterocycles. The van der Waals surface area contributed by atoms with Crippen molar-refractivity contribution in [2.24, 2.45) is 5.92 Å². The molecule has 0 radical (unpaired) electrons. The Labute approximate surface area is 127 Å². The van der Waals surface area contributed by atoms with E-state index in [1.165, 1.54) is 6.07 Å². The summed E-state index contributed by atoms with van der Waals surface area (Å²) in [4.78, 5) is 26.1. The minimum Gasteiger partial charge on any atom is -0.459 e. The van der Waals surface area contributed by atoms with E-state index in [-0.39, 0.29) is 22.5 Å². The highest BCUT2D eigenvalue weighted by atomic mass is 35.5. The molecule has 1 fully saturated rings. The van der Waals surface area contributed by atoms with Gasteiger partial charge in [0.1, 0.15) is 23.0 Å². The van der Waals surface area contributed by atoms with Crippen LogP contribution in [0.4, 0.5) is 5.69 Å². The van der Waals surface area contributed by atoms with E-state index in [0.717, 1.165) is 38.3 Å². The second kappa shape index (κ2) is 6.85. The third kappa shape index (κ3) is 3.91. The molecule has 0 spiro atoms. The van der Waals surface area contributed by atoms with Crippen LogP contribution in [-0.4, -0.2) is 22.0 Å². The molecule has 21 heavy (non-hydrogen) atoms. The number of carbonyl (C=O) groups excluding carboxylic acids is 1. The van der Waals surface area contributed by atoms with Crippen molar-refractivity contribution in [1.82, 2.24) is 4.98 Å². The minimum atomic E-state index is -0.701. The van der Waals surface area contributed by atoms with Crippen molar-refractivity contribution in [1.29, 1.82) is 0 Å². The van der Waals surface area contributed by atoms with Gasteiger partial charge in [-0.25, -0.2) is 9.78 Å². The highest BCUT2D eigenvalue weighted by Crippen LogP contribution is 2.30. The number of pyridine rings is 1. The van der Waals surface area contributed by atoms with Gasteiger partial charge in [0.25, 0.3) is 0 Å². The molecule has 114 valence electrons. The van der Waals surface area contributed by atoms with Gasteiger partial charge in [0.05, 0.1) is 4.92 Å². The van der Waals surface area contributed by atoms with Crippen LogP contribution in [0.25, 0.3) is 0 Å². The summed E-state index contributed by atoms with van der Waals surface area (Å²) in [7, 11) is 0. The molecule has 0 bridgehead atoms. The molecular formula is C14H17ClN2O4. The van der Waals surface area contributed by atoms with Gasteiger partial charge in [-0.15, -0.1) is 0 Å². The summed E-state index contributed by atoms with van der Waals surface area (Å²) in [6.07, 6.45) is 5.62. The first-order chi connectivity index (χ1) is 10.0. The first kappa shape index (κ1) is 15.7. The maximum absolute atomic E-state index is 12.2. The van der Waals surface area contributed by atoms with Crippen LogP contribution < -0.4 is 0 Å². The fourth-order valence-electron chi connectivity index (χ4n) is 2.67. The zero-order chi connectivity index (χ0) is 15.4. The average Bonchev–Trinajstić information content (AvgIpc) is 2.47. The van der Waals surface area contributed by atoms with Crippen LogP contribution in [0.5, 0.6) is 0 Å². The largest absolute Gasteiger partial charge is 0.459 e. The highest BCUT2D eigenvalue weighted by molar-refractivity contribution is 6.29. The van der Waals surface area contributed by atoms with Crippen molar-refractivity contribution in [3.05, 3.63) is 33.1 Å². The van der Waals surface area contributed by atoms with Crippen molar-refractivity contribution in [3.63, 3.8) is 0 Å². The van der Waals surface area contributed by atoms with Crippen molar-refractivity contribution >= 4 is 23.3 Å². The zero-order valence-electron chi connectivity index (χ0n) is 11.8. The lowest BCUT2D eigenvalue weighted by molar-refractivity contribution is -0.385. The smallest absolute Gasteiger partial charge is 0.345 e. The first-order valence-electron chi connectivity index (χ1n) is 7.02. The van der Waals surface area contributed by atoms with Crippen LogP contribution in [0, 0.1) is 16.0 Å². The lowest BCUT2D eigenvalue weighted by Gasteiger charge is -2.28. The lowest BCUT2D eigenvalue weighted by Crippen LogP contribution is -2.25. The first-order valence-corrected chi connectivity index (χ1v) is 7.40. The predicted octanol–water partition coefficient (Wildman–Crippen LogP) is 3.77. The van der Waals surface area contributed by atoms with E-state index in [1.54, 1.807) is 0 Å². The van der Waals surface area contributed by atoms with Crippen LogP contribution in [-0.2, 0) is 4.74 Å². The van der Waals surface area contributed by atoms with Gasteiger partial charge >= 0.3 is 11.7 Å². The molecule has 0 aromatic carbocycles.